The van der Waals surface area contributed by atoms with Gasteiger partial charge in [-0.15, -0.1) is 0 Å². The van der Waals surface area contributed by atoms with Gasteiger partial charge in [0.05, 0.1) is 5.02 Å². The molecule has 4 heteroatoms. The third-order valence-corrected chi connectivity index (χ3v) is 2.35. The van der Waals surface area contributed by atoms with Gasteiger partial charge in [-0.25, -0.2) is 4.98 Å². The fraction of sp³-hybridized carbons (Fsp3) is 0.400. The molecule has 0 fully saturated rings. The molecule has 0 radical (unpaired) electrons. The smallest absolute Gasteiger partial charge is 0.148 e. The van der Waals surface area contributed by atoms with Gasteiger partial charge in [-0.3, -0.25) is 0 Å². The average molecular weight is 210 g/mol. The van der Waals surface area contributed by atoms with Crippen LogP contribution in [0.3, 0.4) is 0 Å². The molecule has 0 aliphatic rings. The maximum Gasteiger partial charge on any atom is 0.148 e. The third kappa shape index (κ3) is 2.15. The number of halogens is 1. The van der Waals surface area contributed by atoms with Crippen molar-refractivity contribution < 1.29 is 0 Å². The van der Waals surface area contributed by atoms with E-state index in [1.165, 1.54) is 0 Å². The molecule has 0 N–H and O–H groups in total. The maximum atomic E-state index is 8.70. The first kappa shape index (κ1) is 10.8. The van der Waals surface area contributed by atoms with Crippen molar-refractivity contribution in [3.8, 4) is 6.07 Å². The van der Waals surface area contributed by atoms with E-state index in [4.69, 9.17) is 16.9 Å². The van der Waals surface area contributed by atoms with Gasteiger partial charge in [-0.05, 0) is 26.0 Å². The van der Waals surface area contributed by atoms with Crippen molar-refractivity contribution in [3.05, 3.63) is 22.8 Å². The monoisotopic (exact) mass is 209 g/mol. The summed E-state index contributed by atoms with van der Waals surface area (Å²) in [5.74, 6) is 0.653. The summed E-state index contributed by atoms with van der Waals surface area (Å²) >= 11 is 5.98. The second kappa shape index (κ2) is 4.30. The predicted molar refractivity (Wildman–Crippen MR) is 57.5 cm³/mol. The quantitative estimate of drug-likeness (QED) is 0.751. The molecule has 14 heavy (non-hydrogen) atoms. The lowest BCUT2D eigenvalue weighted by Gasteiger charge is -2.23. The number of nitriles is 1. The molecular formula is C10H12ClN3. The number of pyridine rings is 1. The molecule has 0 unspecified atom stereocenters. The Bertz CT molecular complexity index is 368. The molecule has 74 valence electrons. The highest BCUT2D eigenvalue weighted by Gasteiger charge is 2.11. The van der Waals surface area contributed by atoms with Crippen molar-refractivity contribution in [2.45, 2.75) is 19.9 Å². The molecular weight excluding hydrogens is 198 g/mol. The van der Waals surface area contributed by atoms with Gasteiger partial charge in [0, 0.05) is 13.1 Å². The zero-order valence-corrected chi connectivity index (χ0v) is 9.21. The van der Waals surface area contributed by atoms with Gasteiger partial charge in [0.1, 0.15) is 17.6 Å². The Labute approximate surface area is 88.9 Å². The van der Waals surface area contributed by atoms with E-state index in [9.17, 15) is 0 Å². The van der Waals surface area contributed by atoms with Crippen molar-refractivity contribution in [3.63, 3.8) is 0 Å². The highest BCUT2D eigenvalue weighted by Crippen LogP contribution is 2.23. The Morgan fingerprint density at radius 1 is 1.50 bits per heavy atom. The minimum atomic E-state index is 0.300. The van der Waals surface area contributed by atoms with E-state index in [0.29, 0.717) is 22.6 Å². The van der Waals surface area contributed by atoms with Gasteiger partial charge in [0.15, 0.2) is 0 Å². The van der Waals surface area contributed by atoms with Gasteiger partial charge in [0.25, 0.3) is 0 Å². The zero-order chi connectivity index (χ0) is 10.7. The Kier molecular flexibility index (Phi) is 3.32. The van der Waals surface area contributed by atoms with E-state index >= 15 is 0 Å². The topological polar surface area (TPSA) is 39.9 Å². The lowest BCUT2D eigenvalue weighted by atomic mass is 10.3. The maximum absolute atomic E-state index is 8.70. The van der Waals surface area contributed by atoms with Crippen LogP contribution in [0.1, 0.15) is 19.5 Å². The van der Waals surface area contributed by atoms with Crippen molar-refractivity contribution in [2.75, 3.05) is 11.9 Å². The van der Waals surface area contributed by atoms with E-state index in [0.717, 1.165) is 0 Å². The van der Waals surface area contributed by atoms with Crippen LogP contribution in [0, 0.1) is 11.3 Å². The van der Waals surface area contributed by atoms with E-state index in [2.05, 4.69) is 4.98 Å². The molecule has 1 heterocycles. The number of hydrogen-bond acceptors (Lipinski definition) is 3. The van der Waals surface area contributed by atoms with Crippen LogP contribution in [0.4, 0.5) is 5.82 Å². The largest absolute Gasteiger partial charge is 0.356 e. The number of anilines is 1. The van der Waals surface area contributed by atoms with Crippen molar-refractivity contribution in [1.82, 2.24) is 4.98 Å². The van der Waals surface area contributed by atoms with Crippen LogP contribution in [0.2, 0.25) is 5.02 Å². The average Bonchev–Trinajstić information content (AvgIpc) is 2.17. The first-order valence-corrected chi connectivity index (χ1v) is 4.73. The van der Waals surface area contributed by atoms with Crippen LogP contribution < -0.4 is 4.90 Å². The van der Waals surface area contributed by atoms with E-state index in [1.54, 1.807) is 12.1 Å². The molecule has 0 atom stereocenters. The lowest BCUT2D eigenvalue weighted by Crippen LogP contribution is -2.27. The summed E-state index contributed by atoms with van der Waals surface area (Å²) in [7, 11) is 1.90. The molecule has 0 saturated carbocycles. The fourth-order valence-corrected chi connectivity index (χ4v) is 1.22. The van der Waals surface area contributed by atoms with Gasteiger partial charge in [-0.2, -0.15) is 5.26 Å². The van der Waals surface area contributed by atoms with Gasteiger partial charge >= 0.3 is 0 Å². The number of hydrogen-bond donors (Lipinski definition) is 0. The molecule has 3 nitrogen and oxygen atoms in total. The molecule has 1 aromatic rings. The van der Waals surface area contributed by atoms with Crippen LogP contribution in [-0.4, -0.2) is 18.1 Å². The van der Waals surface area contributed by atoms with Crippen molar-refractivity contribution in [1.29, 1.82) is 5.26 Å². The third-order valence-electron chi connectivity index (χ3n) is 2.05. The molecule has 0 spiro atoms. The molecule has 0 bridgehead atoms. The zero-order valence-electron chi connectivity index (χ0n) is 8.45. The summed E-state index contributed by atoms with van der Waals surface area (Å²) in [4.78, 5) is 6.08. The Morgan fingerprint density at radius 2 is 2.14 bits per heavy atom. The second-order valence-corrected chi connectivity index (χ2v) is 3.73. The number of rotatable bonds is 2. The van der Waals surface area contributed by atoms with Crippen LogP contribution >= 0.6 is 11.6 Å². The molecule has 0 aliphatic carbocycles. The highest BCUT2D eigenvalue weighted by molar-refractivity contribution is 6.32. The van der Waals surface area contributed by atoms with E-state index < -0.39 is 0 Å². The molecule has 0 amide bonds. The van der Waals surface area contributed by atoms with Crippen LogP contribution in [0.15, 0.2) is 12.1 Å². The number of nitrogens with zero attached hydrogens (tertiary/aromatic N) is 3. The molecule has 1 rings (SSSR count). The van der Waals surface area contributed by atoms with Crippen LogP contribution in [0.5, 0.6) is 0 Å². The summed E-state index contributed by atoms with van der Waals surface area (Å²) in [6.45, 7) is 4.08. The predicted octanol–water partition coefficient (Wildman–Crippen LogP) is 2.45. The van der Waals surface area contributed by atoms with Crippen molar-refractivity contribution >= 4 is 17.4 Å². The first-order chi connectivity index (χ1) is 6.56. The molecule has 0 saturated heterocycles. The standard InChI is InChI=1S/C10H12ClN3/c1-7(2)14(3)10-9(11)5-4-8(6-12)13-10/h4-5,7H,1-3H3. The van der Waals surface area contributed by atoms with Gasteiger partial charge < -0.3 is 4.90 Å². The molecule has 1 aromatic heterocycles. The van der Waals surface area contributed by atoms with E-state index in [1.807, 2.05) is 31.9 Å². The molecule has 0 aromatic carbocycles. The lowest BCUT2D eigenvalue weighted by molar-refractivity contribution is 0.743. The van der Waals surface area contributed by atoms with Crippen molar-refractivity contribution in [2.24, 2.45) is 0 Å². The fourth-order valence-electron chi connectivity index (χ4n) is 0.986. The minimum absolute atomic E-state index is 0.300. The summed E-state index contributed by atoms with van der Waals surface area (Å²) in [6.07, 6.45) is 0. The Hall–Kier alpha value is -1.27. The Balaban J connectivity index is 3.13. The number of aromatic nitrogens is 1. The highest BCUT2D eigenvalue weighted by atomic mass is 35.5. The first-order valence-electron chi connectivity index (χ1n) is 4.35. The van der Waals surface area contributed by atoms with Crippen LogP contribution in [0.25, 0.3) is 0 Å². The summed E-state index contributed by atoms with van der Waals surface area (Å²) in [5.41, 5.74) is 0.386. The SMILES string of the molecule is CC(C)N(C)c1nc(C#N)ccc1Cl. The van der Waals surface area contributed by atoms with E-state index in [-0.39, 0.29) is 0 Å². The molecule has 0 aliphatic heterocycles. The summed E-state index contributed by atoms with van der Waals surface area (Å²) in [6, 6.07) is 5.60. The minimum Gasteiger partial charge on any atom is -0.356 e. The Morgan fingerprint density at radius 3 is 2.64 bits per heavy atom. The second-order valence-electron chi connectivity index (χ2n) is 3.32. The van der Waals surface area contributed by atoms with Gasteiger partial charge in [-0.1, -0.05) is 11.6 Å². The van der Waals surface area contributed by atoms with Gasteiger partial charge in [0.2, 0.25) is 0 Å². The summed E-state index contributed by atoms with van der Waals surface area (Å²) < 4.78 is 0. The van der Waals surface area contributed by atoms with Crippen LogP contribution in [-0.2, 0) is 0 Å². The summed E-state index contributed by atoms with van der Waals surface area (Å²) in [5, 5.41) is 9.27. The normalized spacial score (nSPS) is 10.0.